The van der Waals surface area contributed by atoms with Gasteiger partial charge in [-0.3, -0.25) is 5.10 Å². The van der Waals surface area contributed by atoms with Crippen molar-refractivity contribution in [1.29, 1.82) is 5.26 Å². The Morgan fingerprint density at radius 2 is 1.58 bits per heavy atom. The molecule has 2 aromatic heterocycles. The van der Waals surface area contributed by atoms with E-state index in [1.165, 1.54) is 10.1 Å². The number of hydrogen-bond donors (Lipinski definition) is 1. The maximum Gasteiger partial charge on any atom is 0.416 e. The van der Waals surface area contributed by atoms with E-state index >= 15 is 0 Å². The minimum atomic E-state index is -0.582. The topological polar surface area (TPSA) is 116 Å². The SMILES string of the molecule is CCCCc1ccc(-c2nc3c(C(=O)OC4C(CCCC)CC(C)CC4CCCC)c(C#N)c(OC(=O)N4CCN(C)CC4)n3[nH]2)cc1. The van der Waals surface area contributed by atoms with Gasteiger partial charge in [0.2, 0.25) is 5.88 Å². The molecule has 0 spiro atoms. The number of nitrogens with one attached hydrogen (secondary N) is 1. The van der Waals surface area contributed by atoms with Gasteiger partial charge in [-0.15, -0.1) is 0 Å². The highest BCUT2D eigenvalue weighted by molar-refractivity contribution is 6.01. The molecule has 1 N–H and O–H groups in total. The Morgan fingerprint density at radius 3 is 2.17 bits per heavy atom. The second-order valence-electron chi connectivity index (χ2n) is 14.1. The van der Waals surface area contributed by atoms with Gasteiger partial charge in [-0.2, -0.15) is 5.26 Å². The average molecular weight is 659 g/mol. The minimum Gasteiger partial charge on any atom is -0.458 e. The van der Waals surface area contributed by atoms with Crippen LogP contribution < -0.4 is 4.74 Å². The molecular formula is C38H54N6O4. The van der Waals surface area contributed by atoms with Crippen LogP contribution in [0.3, 0.4) is 0 Å². The maximum absolute atomic E-state index is 14.4. The van der Waals surface area contributed by atoms with Gasteiger partial charge in [-0.1, -0.05) is 84.1 Å². The summed E-state index contributed by atoms with van der Waals surface area (Å²) >= 11 is 0. The number of aromatic amines is 1. The fourth-order valence-electron chi connectivity index (χ4n) is 7.51. The molecular weight excluding hydrogens is 604 g/mol. The van der Waals surface area contributed by atoms with Gasteiger partial charge in [0.1, 0.15) is 23.3 Å². The molecule has 2 atom stereocenters. The minimum absolute atomic E-state index is 0.0379. The summed E-state index contributed by atoms with van der Waals surface area (Å²) < 4.78 is 13.9. The Balaban J connectivity index is 1.53. The van der Waals surface area contributed by atoms with Crippen molar-refractivity contribution in [2.24, 2.45) is 17.8 Å². The Kier molecular flexibility index (Phi) is 12.2. The lowest BCUT2D eigenvalue weighted by atomic mass is 9.70. The van der Waals surface area contributed by atoms with Crippen molar-refractivity contribution >= 4 is 17.7 Å². The Morgan fingerprint density at radius 1 is 0.958 bits per heavy atom. The van der Waals surface area contributed by atoms with E-state index in [1.807, 2.05) is 19.2 Å². The molecule has 5 rings (SSSR count). The molecule has 1 saturated heterocycles. The van der Waals surface area contributed by atoms with Crippen LogP contribution >= 0.6 is 0 Å². The molecule has 1 aliphatic carbocycles. The smallest absolute Gasteiger partial charge is 0.416 e. The predicted molar refractivity (Wildman–Crippen MR) is 187 cm³/mol. The van der Waals surface area contributed by atoms with Crippen LogP contribution in [0.4, 0.5) is 4.79 Å². The van der Waals surface area contributed by atoms with Gasteiger partial charge in [-0.05, 0) is 68.9 Å². The van der Waals surface area contributed by atoms with E-state index in [-0.39, 0.29) is 40.6 Å². The van der Waals surface area contributed by atoms with E-state index in [4.69, 9.17) is 14.5 Å². The van der Waals surface area contributed by atoms with Crippen LogP contribution in [0, 0.1) is 29.1 Å². The molecule has 2 aliphatic rings. The molecule has 1 saturated carbocycles. The lowest BCUT2D eigenvalue weighted by Gasteiger charge is -2.40. The number of H-pyrrole nitrogens is 1. The summed E-state index contributed by atoms with van der Waals surface area (Å²) in [5.41, 5.74) is 2.30. The Bertz CT molecular complexity index is 1540. The van der Waals surface area contributed by atoms with Crippen LogP contribution in [-0.4, -0.2) is 75.8 Å². The van der Waals surface area contributed by atoms with Crippen molar-refractivity contribution in [3.63, 3.8) is 0 Å². The molecule has 10 nitrogen and oxygen atoms in total. The van der Waals surface area contributed by atoms with Gasteiger partial charge in [-0.25, -0.2) is 19.1 Å². The van der Waals surface area contributed by atoms with Gasteiger partial charge in [0.25, 0.3) is 0 Å². The normalized spacial score (nSPS) is 21.7. The third-order valence-electron chi connectivity index (χ3n) is 10.3. The fraction of sp³-hybridized carbons (Fsp3) is 0.632. The number of esters is 1. The lowest BCUT2D eigenvalue weighted by molar-refractivity contribution is -0.0393. The molecule has 2 fully saturated rings. The molecule has 1 amide bonds. The van der Waals surface area contributed by atoms with E-state index in [0.29, 0.717) is 24.8 Å². The maximum atomic E-state index is 14.4. The summed E-state index contributed by atoms with van der Waals surface area (Å²) in [6, 6.07) is 10.4. The molecule has 0 radical (unpaired) electrons. The second kappa shape index (κ2) is 16.5. The van der Waals surface area contributed by atoms with Crippen molar-refractivity contribution in [2.75, 3.05) is 33.2 Å². The van der Waals surface area contributed by atoms with Crippen molar-refractivity contribution in [3.05, 3.63) is 41.0 Å². The summed E-state index contributed by atoms with van der Waals surface area (Å²) in [6.45, 7) is 11.3. The summed E-state index contributed by atoms with van der Waals surface area (Å²) in [7, 11) is 2.01. The first-order valence-electron chi connectivity index (χ1n) is 18.3. The standard InChI is InChI=1S/C38H54N6O4/c1-6-9-12-27-15-17-28(18-16-27)34-40-35-32(31(25-39)36(44(35)41-34)48-38(46)43-21-19-42(5)20-22-43)37(45)47-33-29(13-10-7-2)23-26(4)24-30(33)14-11-8-3/h15-18,26,29-30,33H,6-14,19-24H2,1-5H3,(H,40,41). The molecule has 3 aromatic rings. The zero-order chi connectivity index (χ0) is 34.2. The van der Waals surface area contributed by atoms with Crippen LogP contribution in [-0.2, 0) is 11.2 Å². The van der Waals surface area contributed by atoms with E-state index in [0.717, 1.165) is 89.3 Å². The molecule has 3 heterocycles. The number of carbonyl (C=O) groups is 2. The molecule has 1 aromatic carbocycles. The van der Waals surface area contributed by atoms with Crippen LogP contribution in [0.25, 0.3) is 17.0 Å². The fourth-order valence-corrected chi connectivity index (χ4v) is 7.51. The quantitative estimate of drug-likeness (QED) is 0.186. The highest BCUT2D eigenvalue weighted by Gasteiger charge is 2.40. The highest BCUT2D eigenvalue weighted by Crippen LogP contribution is 2.41. The highest BCUT2D eigenvalue weighted by atomic mass is 16.6. The van der Waals surface area contributed by atoms with Gasteiger partial charge in [0.05, 0.1) is 0 Å². The summed E-state index contributed by atoms with van der Waals surface area (Å²) in [4.78, 5) is 36.4. The number of fused-ring (bicyclic) bond motifs is 1. The van der Waals surface area contributed by atoms with E-state index in [9.17, 15) is 14.9 Å². The summed E-state index contributed by atoms with van der Waals surface area (Å²) in [5, 5.41) is 13.7. The number of aryl methyl sites for hydroxylation is 1. The number of nitriles is 1. The van der Waals surface area contributed by atoms with Crippen LogP contribution in [0.15, 0.2) is 24.3 Å². The van der Waals surface area contributed by atoms with Gasteiger partial charge in [0.15, 0.2) is 11.5 Å². The molecule has 1 aliphatic heterocycles. The number of amides is 1. The number of hydrogen-bond acceptors (Lipinski definition) is 7. The van der Waals surface area contributed by atoms with E-state index in [2.05, 4.69) is 55.9 Å². The first-order chi connectivity index (χ1) is 23.3. The van der Waals surface area contributed by atoms with Gasteiger partial charge >= 0.3 is 12.1 Å². The largest absolute Gasteiger partial charge is 0.458 e. The first kappa shape index (κ1) is 35.5. The zero-order valence-corrected chi connectivity index (χ0v) is 29.6. The van der Waals surface area contributed by atoms with Crippen molar-refractivity contribution in [1.82, 2.24) is 24.4 Å². The average Bonchev–Trinajstić information content (AvgIpc) is 3.64. The molecule has 10 heteroatoms. The van der Waals surface area contributed by atoms with E-state index in [1.54, 1.807) is 4.90 Å². The number of rotatable bonds is 13. The third-order valence-corrected chi connectivity index (χ3v) is 10.3. The second-order valence-corrected chi connectivity index (χ2v) is 14.1. The number of piperazine rings is 1. The molecule has 48 heavy (non-hydrogen) atoms. The van der Waals surface area contributed by atoms with Gasteiger partial charge < -0.3 is 19.3 Å². The van der Waals surface area contributed by atoms with Crippen molar-refractivity contribution < 1.29 is 19.1 Å². The number of unbranched alkanes of at least 4 members (excludes halogenated alkanes) is 3. The molecule has 0 bridgehead atoms. The number of likely N-dealkylation sites (N-methyl/N-ethyl adjacent to an activating group) is 1. The van der Waals surface area contributed by atoms with Crippen LogP contribution in [0.5, 0.6) is 5.88 Å². The molecule has 260 valence electrons. The number of nitrogens with zero attached hydrogens (tertiary/aromatic N) is 5. The lowest BCUT2D eigenvalue weighted by Crippen LogP contribution is -2.48. The van der Waals surface area contributed by atoms with Crippen LogP contribution in [0.2, 0.25) is 0 Å². The monoisotopic (exact) mass is 658 g/mol. The first-order valence-corrected chi connectivity index (χ1v) is 18.3. The van der Waals surface area contributed by atoms with Crippen LogP contribution in [0.1, 0.15) is 113 Å². The van der Waals surface area contributed by atoms with Crippen molar-refractivity contribution in [2.45, 2.75) is 104 Å². The molecule has 2 unspecified atom stereocenters. The predicted octanol–water partition coefficient (Wildman–Crippen LogP) is 7.86. The van der Waals surface area contributed by atoms with E-state index < -0.39 is 12.1 Å². The number of ether oxygens (including phenoxy) is 2. The Labute approximate surface area is 285 Å². The summed E-state index contributed by atoms with van der Waals surface area (Å²) in [5.74, 6) is 0.987. The Hall–Kier alpha value is -3.84. The third kappa shape index (κ3) is 8.06. The van der Waals surface area contributed by atoms with Crippen molar-refractivity contribution in [3.8, 4) is 23.3 Å². The number of carbonyl (C=O) groups excluding carboxylic acids is 2. The summed E-state index contributed by atoms with van der Waals surface area (Å²) in [6.07, 6.45) is 10.8. The number of benzene rings is 1. The van der Waals surface area contributed by atoms with Gasteiger partial charge in [0, 0.05) is 31.7 Å². The number of aromatic nitrogens is 3. The zero-order valence-electron chi connectivity index (χ0n) is 29.6.